The first-order valence-electron chi connectivity index (χ1n) is 4.15. The molecule has 1 heterocycles. The number of alkyl halides is 1. The number of halogens is 1. The molecule has 0 bridgehead atoms. The van der Waals surface area contributed by atoms with Crippen LogP contribution in [0, 0.1) is 0 Å². The molecule has 1 rings (SSSR count). The van der Waals surface area contributed by atoms with E-state index in [-0.39, 0.29) is 17.1 Å². The Morgan fingerprint density at radius 1 is 1.69 bits per heavy atom. The third-order valence-corrected chi connectivity index (χ3v) is 2.75. The summed E-state index contributed by atoms with van der Waals surface area (Å²) in [5.74, 6) is -0.132. The van der Waals surface area contributed by atoms with Crippen LogP contribution >= 0.6 is 15.9 Å². The van der Waals surface area contributed by atoms with Crippen LogP contribution in [0.5, 0.6) is 0 Å². The van der Waals surface area contributed by atoms with Gasteiger partial charge in [-0.15, -0.1) is 0 Å². The molecule has 13 heavy (non-hydrogen) atoms. The van der Waals surface area contributed by atoms with Gasteiger partial charge in [0.1, 0.15) is 5.54 Å². The van der Waals surface area contributed by atoms with Gasteiger partial charge >= 0.3 is 0 Å². The maximum Gasteiger partial charge on any atom is 0.245 e. The van der Waals surface area contributed by atoms with Gasteiger partial charge < -0.3 is 10.2 Å². The van der Waals surface area contributed by atoms with E-state index in [0.717, 1.165) is 0 Å². The lowest BCUT2D eigenvalue weighted by Crippen LogP contribution is -2.63. The molecular formula is C8H13BrN2O2. The Bertz CT molecular complexity index is 240. The molecule has 0 aromatic heterocycles. The van der Waals surface area contributed by atoms with Gasteiger partial charge in [0.15, 0.2) is 0 Å². The molecule has 0 atom stereocenters. The number of carbonyl (C=O) groups is 2. The van der Waals surface area contributed by atoms with Gasteiger partial charge in [0.05, 0.1) is 5.33 Å². The Hall–Kier alpha value is -0.580. The highest BCUT2D eigenvalue weighted by Gasteiger charge is 2.39. The summed E-state index contributed by atoms with van der Waals surface area (Å²) in [5.41, 5.74) is -0.719. The van der Waals surface area contributed by atoms with Crippen LogP contribution in [0.1, 0.15) is 13.8 Å². The van der Waals surface area contributed by atoms with Crippen molar-refractivity contribution in [3.8, 4) is 0 Å². The van der Waals surface area contributed by atoms with E-state index in [1.807, 2.05) is 0 Å². The molecule has 4 nitrogen and oxygen atoms in total. The van der Waals surface area contributed by atoms with Gasteiger partial charge in [0, 0.05) is 13.1 Å². The lowest BCUT2D eigenvalue weighted by atomic mass is 9.99. The van der Waals surface area contributed by atoms with Crippen LogP contribution in [-0.4, -0.2) is 40.7 Å². The third kappa shape index (κ3) is 1.85. The molecule has 1 aliphatic rings. The van der Waals surface area contributed by atoms with Crippen molar-refractivity contribution in [1.82, 2.24) is 10.2 Å². The molecule has 74 valence electrons. The van der Waals surface area contributed by atoms with Gasteiger partial charge in [-0.3, -0.25) is 9.59 Å². The quantitative estimate of drug-likeness (QED) is 0.671. The zero-order chi connectivity index (χ0) is 10.1. The standard InChI is InChI=1S/C8H13BrN2O2/c1-8(2)7(13)10-3-4-11(8)6(12)5-9/h3-5H2,1-2H3,(H,10,13). The average Bonchev–Trinajstić information content (AvgIpc) is 2.08. The fraction of sp³-hybridized carbons (Fsp3) is 0.750. The van der Waals surface area contributed by atoms with E-state index in [4.69, 9.17) is 0 Å². The van der Waals surface area contributed by atoms with Crippen LogP contribution in [0.3, 0.4) is 0 Å². The van der Waals surface area contributed by atoms with Gasteiger partial charge in [-0.2, -0.15) is 0 Å². The second-order valence-electron chi connectivity index (χ2n) is 3.49. The van der Waals surface area contributed by atoms with Crippen LogP contribution < -0.4 is 5.32 Å². The first-order chi connectivity index (χ1) is 6.00. The molecule has 1 aliphatic heterocycles. The van der Waals surface area contributed by atoms with Crippen LogP contribution in [0.2, 0.25) is 0 Å². The highest BCUT2D eigenvalue weighted by atomic mass is 79.9. The Labute approximate surface area is 85.8 Å². The van der Waals surface area contributed by atoms with Crippen LogP contribution in [0.4, 0.5) is 0 Å². The van der Waals surface area contributed by atoms with Crippen molar-refractivity contribution in [1.29, 1.82) is 0 Å². The predicted molar refractivity (Wildman–Crippen MR) is 52.6 cm³/mol. The summed E-state index contributed by atoms with van der Waals surface area (Å²) in [5, 5.41) is 3.00. The summed E-state index contributed by atoms with van der Waals surface area (Å²) in [6.07, 6.45) is 0. The Morgan fingerprint density at radius 3 is 2.85 bits per heavy atom. The fourth-order valence-electron chi connectivity index (χ4n) is 1.41. The molecular weight excluding hydrogens is 236 g/mol. The van der Waals surface area contributed by atoms with E-state index >= 15 is 0 Å². The Morgan fingerprint density at radius 2 is 2.31 bits per heavy atom. The fourth-order valence-corrected chi connectivity index (χ4v) is 1.71. The molecule has 1 saturated heterocycles. The maximum atomic E-state index is 11.4. The van der Waals surface area contributed by atoms with E-state index < -0.39 is 5.54 Å². The highest BCUT2D eigenvalue weighted by molar-refractivity contribution is 9.09. The van der Waals surface area contributed by atoms with Crippen molar-refractivity contribution < 1.29 is 9.59 Å². The van der Waals surface area contributed by atoms with Crippen molar-refractivity contribution in [2.24, 2.45) is 0 Å². The second kappa shape index (κ2) is 3.65. The Kier molecular flexibility index (Phi) is 2.95. The van der Waals surface area contributed by atoms with E-state index in [1.54, 1.807) is 18.7 Å². The van der Waals surface area contributed by atoms with E-state index in [0.29, 0.717) is 13.1 Å². The Balaban J connectivity index is 2.83. The molecule has 0 spiro atoms. The van der Waals surface area contributed by atoms with Crippen molar-refractivity contribution in [2.75, 3.05) is 18.4 Å². The van der Waals surface area contributed by atoms with Crippen molar-refractivity contribution >= 4 is 27.7 Å². The molecule has 1 N–H and O–H groups in total. The number of nitrogens with one attached hydrogen (secondary N) is 1. The number of hydrogen-bond donors (Lipinski definition) is 1. The monoisotopic (exact) mass is 248 g/mol. The number of piperazine rings is 1. The molecule has 0 unspecified atom stereocenters. The van der Waals surface area contributed by atoms with Crippen molar-refractivity contribution in [2.45, 2.75) is 19.4 Å². The molecule has 0 aromatic carbocycles. The third-order valence-electron chi connectivity index (χ3n) is 2.27. The van der Waals surface area contributed by atoms with Gasteiger partial charge in [0.25, 0.3) is 0 Å². The molecule has 1 fully saturated rings. The lowest BCUT2D eigenvalue weighted by molar-refractivity contribution is -0.147. The summed E-state index contributed by atoms with van der Waals surface area (Å²) in [4.78, 5) is 24.5. The molecule has 0 aromatic rings. The smallest absolute Gasteiger partial charge is 0.245 e. The number of rotatable bonds is 1. The first kappa shape index (κ1) is 10.5. The number of hydrogen-bond acceptors (Lipinski definition) is 2. The van der Waals surface area contributed by atoms with E-state index in [1.165, 1.54) is 0 Å². The van der Waals surface area contributed by atoms with E-state index in [2.05, 4.69) is 21.2 Å². The molecule has 5 heteroatoms. The van der Waals surface area contributed by atoms with E-state index in [9.17, 15) is 9.59 Å². The summed E-state index contributed by atoms with van der Waals surface area (Å²) in [7, 11) is 0. The van der Waals surface area contributed by atoms with Crippen LogP contribution in [0.15, 0.2) is 0 Å². The summed E-state index contributed by atoms with van der Waals surface area (Å²) in [6.45, 7) is 4.63. The number of amides is 2. The maximum absolute atomic E-state index is 11.4. The second-order valence-corrected chi connectivity index (χ2v) is 4.05. The van der Waals surface area contributed by atoms with Crippen LogP contribution in [-0.2, 0) is 9.59 Å². The van der Waals surface area contributed by atoms with Gasteiger partial charge in [-0.05, 0) is 13.8 Å². The molecule has 2 amide bonds. The zero-order valence-electron chi connectivity index (χ0n) is 7.76. The first-order valence-corrected chi connectivity index (χ1v) is 5.27. The predicted octanol–water partition coefficient (Wildman–Crippen LogP) is 0.118. The largest absolute Gasteiger partial charge is 0.352 e. The van der Waals surface area contributed by atoms with Crippen LogP contribution in [0.25, 0.3) is 0 Å². The summed E-state index contributed by atoms with van der Waals surface area (Å²) >= 11 is 3.10. The normalized spacial score (nSPS) is 21.2. The van der Waals surface area contributed by atoms with Gasteiger partial charge in [0.2, 0.25) is 11.8 Å². The van der Waals surface area contributed by atoms with Gasteiger partial charge in [-0.25, -0.2) is 0 Å². The zero-order valence-corrected chi connectivity index (χ0v) is 9.35. The topological polar surface area (TPSA) is 49.4 Å². The number of nitrogens with zero attached hydrogens (tertiary/aromatic N) is 1. The van der Waals surface area contributed by atoms with Crippen molar-refractivity contribution in [3.63, 3.8) is 0 Å². The van der Waals surface area contributed by atoms with Crippen molar-refractivity contribution in [3.05, 3.63) is 0 Å². The highest BCUT2D eigenvalue weighted by Crippen LogP contribution is 2.17. The molecule has 0 saturated carbocycles. The minimum atomic E-state index is -0.719. The SMILES string of the molecule is CC1(C)C(=O)NCCN1C(=O)CBr. The average molecular weight is 249 g/mol. The lowest BCUT2D eigenvalue weighted by Gasteiger charge is -2.40. The minimum absolute atomic E-state index is 0.0418. The molecule has 0 aliphatic carbocycles. The summed E-state index contributed by atoms with van der Waals surface area (Å²) in [6, 6.07) is 0. The molecule has 0 radical (unpaired) electrons. The van der Waals surface area contributed by atoms with Gasteiger partial charge in [-0.1, -0.05) is 15.9 Å². The summed E-state index contributed by atoms with van der Waals surface area (Å²) < 4.78 is 0. The minimum Gasteiger partial charge on any atom is -0.352 e. The number of carbonyl (C=O) groups excluding carboxylic acids is 2.